The van der Waals surface area contributed by atoms with Crippen LogP contribution in [0, 0.1) is 0 Å². The fourth-order valence-electron chi connectivity index (χ4n) is 5.18. The Balaban J connectivity index is 1.54. The molecule has 5 aromatic rings. The summed E-state index contributed by atoms with van der Waals surface area (Å²) in [6, 6.07) is 48.1. The Labute approximate surface area is 246 Å². The Morgan fingerprint density at radius 2 is 0.683 bits per heavy atom. The predicted octanol–water partition coefficient (Wildman–Crippen LogP) is 11.6. The molecule has 0 aliphatic carbocycles. The van der Waals surface area contributed by atoms with E-state index in [0.717, 1.165) is 40.5 Å². The molecule has 2 heteroatoms. The number of anilines is 6. The van der Waals surface area contributed by atoms with Crippen molar-refractivity contribution in [3.8, 4) is 0 Å². The van der Waals surface area contributed by atoms with Crippen LogP contribution in [0.4, 0.5) is 34.1 Å². The Morgan fingerprint density at radius 3 is 1.00 bits per heavy atom. The Hall–Kier alpha value is -4.30. The molecule has 0 aliphatic heterocycles. The van der Waals surface area contributed by atoms with Gasteiger partial charge in [0, 0.05) is 34.1 Å². The van der Waals surface area contributed by atoms with Gasteiger partial charge in [-0.05, 0) is 101 Å². The molecule has 0 heterocycles. The van der Waals surface area contributed by atoms with Gasteiger partial charge in [-0.15, -0.1) is 0 Å². The van der Waals surface area contributed by atoms with Crippen molar-refractivity contribution in [3.63, 3.8) is 0 Å². The highest BCUT2D eigenvalue weighted by Crippen LogP contribution is 2.40. The maximum atomic E-state index is 2.33. The van der Waals surface area contributed by atoms with E-state index in [1.807, 2.05) is 0 Å². The van der Waals surface area contributed by atoms with E-state index in [4.69, 9.17) is 0 Å². The third-order valence-corrected chi connectivity index (χ3v) is 8.18. The van der Waals surface area contributed by atoms with Gasteiger partial charge < -0.3 is 9.80 Å². The Morgan fingerprint density at radius 1 is 0.390 bits per heavy atom. The molecule has 0 spiro atoms. The summed E-state index contributed by atoms with van der Waals surface area (Å²) in [5, 5.41) is 0. The molecule has 0 saturated heterocycles. The SMILES string of the molecule is CCC(C)(C)c1ccc(N(c2ccccc2)c2ccc(N(c3ccccc3)c3ccc(C(C)(C)C)cc3)cc2)cc1. The highest BCUT2D eigenvalue weighted by atomic mass is 15.2. The quantitative estimate of drug-likeness (QED) is 0.194. The Bertz CT molecular complexity index is 1530. The molecule has 5 aromatic carbocycles. The summed E-state index contributed by atoms with van der Waals surface area (Å²) >= 11 is 0. The van der Waals surface area contributed by atoms with Gasteiger partial charge in [-0.25, -0.2) is 0 Å². The molecular formula is C39H42N2. The molecule has 0 amide bonds. The lowest BCUT2D eigenvalue weighted by Gasteiger charge is -2.29. The highest BCUT2D eigenvalue weighted by molar-refractivity contribution is 5.81. The average molecular weight is 539 g/mol. The van der Waals surface area contributed by atoms with E-state index in [-0.39, 0.29) is 10.8 Å². The van der Waals surface area contributed by atoms with E-state index >= 15 is 0 Å². The summed E-state index contributed by atoms with van der Waals surface area (Å²) in [4.78, 5) is 4.65. The van der Waals surface area contributed by atoms with Gasteiger partial charge in [-0.1, -0.05) is 102 Å². The summed E-state index contributed by atoms with van der Waals surface area (Å²) < 4.78 is 0. The molecule has 2 nitrogen and oxygen atoms in total. The molecular weight excluding hydrogens is 496 g/mol. The van der Waals surface area contributed by atoms with Crippen LogP contribution in [0.3, 0.4) is 0 Å². The number of para-hydroxylation sites is 2. The van der Waals surface area contributed by atoms with Gasteiger partial charge in [-0.3, -0.25) is 0 Å². The first-order valence-corrected chi connectivity index (χ1v) is 14.7. The lowest BCUT2D eigenvalue weighted by molar-refractivity contribution is 0.506. The van der Waals surface area contributed by atoms with Crippen LogP contribution in [0.2, 0.25) is 0 Å². The van der Waals surface area contributed by atoms with Gasteiger partial charge in [-0.2, -0.15) is 0 Å². The molecule has 5 rings (SSSR count). The first kappa shape index (κ1) is 28.2. The highest BCUT2D eigenvalue weighted by Gasteiger charge is 2.20. The van der Waals surface area contributed by atoms with Crippen LogP contribution >= 0.6 is 0 Å². The molecule has 0 radical (unpaired) electrons. The van der Waals surface area contributed by atoms with Gasteiger partial charge >= 0.3 is 0 Å². The summed E-state index contributed by atoms with van der Waals surface area (Å²) in [6.07, 6.45) is 1.10. The van der Waals surface area contributed by atoms with Gasteiger partial charge in [0.25, 0.3) is 0 Å². The molecule has 0 aliphatic rings. The molecule has 0 fully saturated rings. The number of hydrogen-bond donors (Lipinski definition) is 0. The molecule has 41 heavy (non-hydrogen) atoms. The first-order valence-electron chi connectivity index (χ1n) is 14.7. The Kier molecular flexibility index (Phi) is 8.03. The molecule has 0 bridgehead atoms. The maximum absolute atomic E-state index is 2.33. The standard InChI is InChI=1S/C39H42N2/c1-7-39(5,6)31-20-24-35(25-21-31)41(33-16-12-9-13-17-33)37-28-26-36(27-29-37)40(32-14-10-8-11-15-32)34-22-18-30(19-23-34)38(2,3)4/h8-29H,7H2,1-6H3. The van der Waals surface area contributed by atoms with E-state index in [0.29, 0.717) is 0 Å². The summed E-state index contributed by atoms with van der Waals surface area (Å²) in [5.74, 6) is 0. The minimum atomic E-state index is 0.114. The molecule has 208 valence electrons. The third-order valence-electron chi connectivity index (χ3n) is 8.18. The zero-order chi connectivity index (χ0) is 29.0. The zero-order valence-electron chi connectivity index (χ0n) is 25.3. The van der Waals surface area contributed by atoms with E-state index in [9.17, 15) is 0 Å². The number of nitrogens with zero attached hydrogens (tertiary/aromatic N) is 2. The average Bonchev–Trinajstić information content (AvgIpc) is 2.99. The molecule has 0 unspecified atom stereocenters. The van der Waals surface area contributed by atoms with Crippen molar-refractivity contribution in [2.75, 3.05) is 9.80 Å². The van der Waals surface area contributed by atoms with Crippen molar-refractivity contribution in [2.45, 2.75) is 58.8 Å². The van der Waals surface area contributed by atoms with Crippen LogP contribution in [-0.4, -0.2) is 0 Å². The molecule has 0 aromatic heterocycles. The van der Waals surface area contributed by atoms with Crippen LogP contribution < -0.4 is 9.80 Å². The fraction of sp³-hybridized carbons (Fsp3) is 0.231. The van der Waals surface area contributed by atoms with Gasteiger partial charge in [0.05, 0.1) is 0 Å². The van der Waals surface area contributed by atoms with E-state index in [1.54, 1.807) is 0 Å². The fourth-order valence-corrected chi connectivity index (χ4v) is 5.18. The van der Waals surface area contributed by atoms with E-state index < -0.39 is 0 Å². The minimum Gasteiger partial charge on any atom is -0.311 e. The van der Waals surface area contributed by atoms with Crippen LogP contribution in [0.15, 0.2) is 133 Å². The van der Waals surface area contributed by atoms with Crippen LogP contribution in [-0.2, 0) is 10.8 Å². The topological polar surface area (TPSA) is 6.48 Å². The second-order valence-corrected chi connectivity index (χ2v) is 12.4. The largest absolute Gasteiger partial charge is 0.311 e. The number of hydrogen-bond acceptors (Lipinski definition) is 2. The van der Waals surface area contributed by atoms with Crippen molar-refractivity contribution >= 4 is 34.1 Å². The van der Waals surface area contributed by atoms with Crippen molar-refractivity contribution in [1.82, 2.24) is 0 Å². The van der Waals surface area contributed by atoms with Gasteiger partial charge in [0.2, 0.25) is 0 Å². The third kappa shape index (κ3) is 6.23. The van der Waals surface area contributed by atoms with Crippen molar-refractivity contribution in [2.24, 2.45) is 0 Å². The van der Waals surface area contributed by atoms with Crippen LogP contribution in [0.5, 0.6) is 0 Å². The summed E-state index contributed by atoms with van der Waals surface area (Å²) in [6.45, 7) is 13.6. The monoisotopic (exact) mass is 538 g/mol. The van der Waals surface area contributed by atoms with Crippen molar-refractivity contribution < 1.29 is 0 Å². The minimum absolute atomic E-state index is 0.114. The van der Waals surface area contributed by atoms with Gasteiger partial charge in [0.1, 0.15) is 0 Å². The lowest BCUT2D eigenvalue weighted by Crippen LogP contribution is -2.16. The van der Waals surface area contributed by atoms with Crippen LogP contribution in [0.1, 0.15) is 59.1 Å². The first-order chi connectivity index (χ1) is 19.7. The van der Waals surface area contributed by atoms with E-state index in [1.165, 1.54) is 11.1 Å². The maximum Gasteiger partial charge on any atom is 0.0463 e. The number of rotatable bonds is 8. The second-order valence-electron chi connectivity index (χ2n) is 12.4. The predicted molar refractivity (Wildman–Crippen MR) is 178 cm³/mol. The van der Waals surface area contributed by atoms with E-state index in [2.05, 4.69) is 185 Å². The van der Waals surface area contributed by atoms with Crippen LogP contribution in [0.25, 0.3) is 0 Å². The molecule has 0 saturated carbocycles. The lowest BCUT2D eigenvalue weighted by atomic mass is 9.82. The smallest absolute Gasteiger partial charge is 0.0463 e. The number of benzene rings is 5. The second kappa shape index (κ2) is 11.7. The summed E-state index contributed by atoms with van der Waals surface area (Å²) in [7, 11) is 0. The molecule has 0 atom stereocenters. The zero-order valence-corrected chi connectivity index (χ0v) is 25.3. The molecule has 0 N–H and O–H groups in total. The summed E-state index contributed by atoms with van der Waals surface area (Å²) in [5.41, 5.74) is 9.78. The van der Waals surface area contributed by atoms with Gasteiger partial charge in [0.15, 0.2) is 0 Å². The van der Waals surface area contributed by atoms with Crippen molar-refractivity contribution in [1.29, 1.82) is 0 Å². The normalized spacial score (nSPS) is 11.8. The van der Waals surface area contributed by atoms with Crippen molar-refractivity contribution in [3.05, 3.63) is 145 Å².